The minimum Gasteiger partial charge on any atom is -0.504 e. The van der Waals surface area contributed by atoms with Crippen LogP contribution >= 0.6 is 0 Å². The van der Waals surface area contributed by atoms with E-state index in [0.717, 1.165) is 19.3 Å². The predicted molar refractivity (Wildman–Crippen MR) is 101 cm³/mol. The summed E-state index contributed by atoms with van der Waals surface area (Å²) in [5.74, 6) is -1.90. The summed E-state index contributed by atoms with van der Waals surface area (Å²) in [6.45, 7) is 11.3. The lowest BCUT2D eigenvalue weighted by Gasteiger charge is -2.56. The Labute approximate surface area is 160 Å². The number of Topliss-reactive ketones (excluding diaryl/α,β-unsaturated/α-hetero) is 2. The normalized spacial score (nSPS) is 33.1. The van der Waals surface area contributed by atoms with Crippen molar-refractivity contribution in [2.45, 2.75) is 73.3 Å². The van der Waals surface area contributed by atoms with Crippen LogP contribution in [-0.2, 0) is 19.1 Å². The molecule has 0 amide bonds. The Morgan fingerprint density at radius 2 is 1.78 bits per heavy atom. The fourth-order valence-corrected chi connectivity index (χ4v) is 5.78. The molecule has 5 heteroatoms. The molecule has 0 aliphatic heterocycles. The van der Waals surface area contributed by atoms with E-state index in [2.05, 4.69) is 13.8 Å². The number of hydrogen-bond acceptors (Lipinski definition) is 5. The minimum absolute atomic E-state index is 0.0507. The summed E-state index contributed by atoms with van der Waals surface area (Å²) < 4.78 is 5.56. The highest BCUT2D eigenvalue weighted by molar-refractivity contribution is 6.25. The number of ether oxygens (including phenoxy) is 1. The molecule has 1 fully saturated rings. The molecule has 0 aromatic carbocycles. The van der Waals surface area contributed by atoms with E-state index in [1.54, 1.807) is 13.8 Å². The first-order valence-corrected chi connectivity index (χ1v) is 9.86. The van der Waals surface area contributed by atoms with Crippen LogP contribution in [-0.4, -0.2) is 28.7 Å². The Kier molecular flexibility index (Phi) is 4.64. The van der Waals surface area contributed by atoms with Gasteiger partial charge in [0.25, 0.3) is 0 Å². The number of carbonyl (C=O) groups is 3. The number of aliphatic hydroxyl groups is 1. The van der Waals surface area contributed by atoms with Crippen molar-refractivity contribution in [3.8, 4) is 0 Å². The number of carbonyl (C=O) groups excluding carboxylic acids is 3. The van der Waals surface area contributed by atoms with Gasteiger partial charge in [0.05, 0.1) is 0 Å². The van der Waals surface area contributed by atoms with Crippen molar-refractivity contribution in [1.82, 2.24) is 0 Å². The highest BCUT2D eigenvalue weighted by atomic mass is 16.5. The molecule has 0 radical (unpaired) electrons. The average molecular weight is 374 g/mol. The maximum atomic E-state index is 13.3. The topological polar surface area (TPSA) is 80.7 Å². The van der Waals surface area contributed by atoms with Crippen molar-refractivity contribution in [3.63, 3.8) is 0 Å². The third-order valence-corrected chi connectivity index (χ3v) is 6.91. The summed E-state index contributed by atoms with van der Waals surface area (Å²) in [7, 11) is 0. The Hall–Kier alpha value is -1.91. The predicted octanol–water partition coefficient (Wildman–Crippen LogP) is 4.07. The molecule has 3 aliphatic rings. The zero-order valence-corrected chi connectivity index (χ0v) is 17.1. The van der Waals surface area contributed by atoms with Crippen LogP contribution in [0.2, 0.25) is 0 Å². The second-order valence-corrected chi connectivity index (χ2v) is 9.51. The zero-order chi connectivity index (χ0) is 20.3. The van der Waals surface area contributed by atoms with E-state index in [1.165, 1.54) is 6.92 Å². The highest BCUT2D eigenvalue weighted by Crippen LogP contribution is 2.61. The van der Waals surface area contributed by atoms with Crippen LogP contribution in [0.15, 0.2) is 22.5 Å². The number of rotatable bonds is 2. The third-order valence-electron chi connectivity index (χ3n) is 6.91. The van der Waals surface area contributed by atoms with Gasteiger partial charge in [-0.3, -0.25) is 14.4 Å². The molecule has 27 heavy (non-hydrogen) atoms. The summed E-state index contributed by atoms with van der Waals surface area (Å²) in [5, 5.41) is 10.6. The fraction of sp³-hybridized carbons (Fsp3) is 0.682. The van der Waals surface area contributed by atoms with Crippen molar-refractivity contribution in [2.75, 3.05) is 0 Å². The molecule has 3 rings (SSSR count). The molecular weight excluding hydrogens is 344 g/mol. The van der Waals surface area contributed by atoms with Gasteiger partial charge in [0.2, 0.25) is 5.78 Å². The largest absolute Gasteiger partial charge is 0.504 e. The van der Waals surface area contributed by atoms with Gasteiger partial charge in [0.15, 0.2) is 11.5 Å². The summed E-state index contributed by atoms with van der Waals surface area (Å²) >= 11 is 0. The van der Waals surface area contributed by atoms with Gasteiger partial charge in [-0.2, -0.15) is 0 Å². The van der Waals surface area contributed by atoms with E-state index < -0.39 is 29.0 Å². The van der Waals surface area contributed by atoms with Gasteiger partial charge in [-0.1, -0.05) is 41.0 Å². The van der Waals surface area contributed by atoms with E-state index >= 15 is 0 Å². The lowest BCUT2D eigenvalue weighted by atomic mass is 9.48. The molecule has 0 bridgehead atoms. The Morgan fingerprint density at radius 3 is 2.33 bits per heavy atom. The second kappa shape index (κ2) is 6.32. The van der Waals surface area contributed by atoms with Crippen LogP contribution in [0.1, 0.15) is 67.2 Å². The number of aliphatic hydroxyl groups excluding tert-OH is 1. The number of allylic oxidation sites excluding steroid dienone is 2. The van der Waals surface area contributed by atoms with Crippen molar-refractivity contribution in [2.24, 2.45) is 22.7 Å². The first-order valence-electron chi connectivity index (χ1n) is 9.86. The fourth-order valence-electron chi connectivity index (χ4n) is 5.78. The highest BCUT2D eigenvalue weighted by Gasteiger charge is 2.58. The molecule has 148 valence electrons. The quantitative estimate of drug-likeness (QED) is 0.582. The standard InChI is InChI=1S/C22H30O5/c1-11(2)15-18(24)16-13(27-12(3)23)10-14-21(4,5)8-7-9-22(14,6)17(16)20(26)19(15)25/h11,13-14,25H,7-10H2,1-6H3/t13-,14+,22+/m1/s1. The SMILES string of the molecule is CC(=O)O[C@@H]1C[C@H]2C(C)(C)CCC[C@]2(C)C2=C1C(=O)C(C(C)C)=C(O)C2=O. The molecule has 1 N–H and O–H groups in total. The maximum absolute atomic E-state index is 13.3. The molecule has 0 heterocycles. The van der Waals surface area contributed by atoms with Crippen molar-refractivity contribution < 1.29 is 24.2 Å². The van der Waals surface area contributed by atoms with Gasteiger partial charge in [-0.15, -0.1) is 0 Å². The van der Waals surface area contributed by atoms with Crippen LogP contribution in [0.5, 0.6) is 0 Å². The molecule has 5 nitrogen and oxygen atoms in total. The van der Waals surface area contributed by atoms with Crippen molar-refractivity contribution in [3.05, 3.63) is 22.5 Å². The summed E-state index contributed by atoms with van der Waals surface area (Å²) in [6.07, 6.45) is 2.57. The molecule has 3 atom stereocenters. The van der Waals surface area contributed by atoms with Crippen molar-refractivity contribution >= 4 is 17.5 Å². The number of esters is 1. The lowest BCUT2D eigenvalue weighted by Crippen LogP contribution is -2.53. The van der Waals surface area contributed by atoms with Crippen LogP contribution in [0.25, 0.3) is 0 Å². The Balaban J connectivity index is 2.25. The Morgan fingerprint density at radius 1 is 1.15 bits per heavy atom. The van der Waals surface area contributed by atoms with Crippen LogP contribution in [0, 0.1) is 22.7 Å². The molecule has 0 saturated heterocycles. The van der Waals surface area contributed by atoms with Gasteiger partial charge in [-0.25, -0.2) is 0 Å². The monoisotopic (exact) mass is 374 g/mol. The number of ketones is 2. The second-order valence-electron chi connectivity index (χ2n) is 9.51. The van der Waals surface area contributed by atoms with E-state index in [9.17, 15) is 19.5 Å². The van der Waals surface area contributed by atoms with Crippen LogP contribution in [0.3, 0.4) is 0 Å². The number of hydrogen-bond donors (Lipinski definition) is 1. The van der Waals surface area contributed by atoms with Gasteiger partial charge < -0.3 is 9.84 Å². The minimum atomic E-state index is -0.730. The van der Waals surface area contributed by atoms with Crippen molar-refractivity contribution in [1.29, 1.82) is 0 Å². The van der Waals surface area contributed by atoms with Gasteiger partial charge >= 0.3 is 5.97 Å². The maximum Gasteiger partial charge on any atom is 0.303 e. The van der Waals surface area contributed by atoms with Gasteiger partial charge in [-0.05, 0) is 36.5 Å². The first kappa shape index (κ1) is 19.8. The average Bonchev–Trinajstić information content (AvgIpc) is 2.52. The summed E-state index contributed by atoms with van der Waals surface area (Å²) in [5.41, 5.74) is 0.257. The molecule has 1 saturated carbocycles. The molecule has 0 unspecified atom stereocenters. The first-order chi connectivity index (χ1) is 12.4. The molecule has 3 aliphatic carbocycles. The van der Waals surface area contributed by atoms with Crippen LogP contribution < -0.4 is 0 Å². The van der Waals surface area contributed by atoms with E-state index in [-0.39, 0.29) is 28.6 Å². The Bertz CT molecular complexity index is 783. The number of fused-ring (bicyclic) bond motifs is 2. The zero-order valence-electron chi connectivity index (χ0n) is 17.1. The summed E-state index contributed by atoms with van der Waals surface area (Å²) in [6, 6.07) is 0. The molecule has 0 spiro atoms. The molecule has 0 aromatic rings. The van der Waals surface area contributed by atoms with E-state index in [1.807, 2.05) is 6.92 Å². The van der Waals surface area contributed by atoms with Gasteiger partial charge in [0.1, 0.15) is 6.10 Å². The molecular formula is C22H30O5. The lowest BCUT2D eigenvalue weighted by molar-refractivity contribution is -0.149. The van der Waals surface area contributed by atoms with E-state index in [0.29, 0.717) is 17.6 Å². The van der Waals surface area contributed by atoms with Crippen LogP contribution in [0.4, 0.5) is 0 Å². The smallest absolute Gasteiger partial charge is 0.303 e. The van der Waals surface area contributed by atoms with E-state index in [4.69, 9.17) is 4.74 Å². The van der Waals surface area contributed by atoms with Gasteiger partial charge in [0, 0.05) is 29.1 Å². The summed E-state index contributed by atoms with van der Waals surface area (Å²) in [4.78, 5) is 38.3. The molecule has 0 aromatic heterocycles. The third kappa shape index (κ3) is 2.86.